The summed E-state index contributed by atoms with van der Waals surface area (Å²) in [7, 11) is 0. The van der Waals surface area contributed by atoms with Gasteiger partial charge in [-0.25, -0.2) is 0 Å². The molecule has 0 atom stereocenters. The van der Waals surface area contributed by atoms with Gasteiger partial charge in [-0.2, -0.15) is 0 Å². The van der Waals surface area contributed by atoms with Gasteiger partial charge in [0.05, 0.1) is 0 Å². The van der Waals surface area contributed by atoms with Crippen LogP contribution >= 0.6 is 11.6 Å². The maximum atomic E-state index is 11.4. The molecule has 1 aromatic rings. The number of ketones is 1. The molecule has 1 amide bonds. The first-order valence-corrected chi connectivity index (χ1v) is 5.63. The molecule has 0 bridgehead atoms. The van der Waals surface area contributed by atoms with Crippen LogP contribution in [0.15, 0.2) is 24.3 Å². The van der Waals surface area contributed by atoms with Gasteiger partial charge in [-0.3, -0.25) is 9.59 Å². The zero-order chi connectivity index (χ0) is 12.0. The number of hydrogen-bond acceptors (Lipinski definition) is 2. The van der Waals surface area contributed by atoms with E-state index in [0.717, 1.165) is 0 Å². The number of alkyl halides is 1. The number of anilines is 1. The van der Waals surface area contributed by atoms with Gasteiger partial charge in [0.1, 0.15) is 0 Å². The Kier molecular flexibility index (Phi) is 4.99. The summed E-state index contributed by atoms with van der Waals surface area (Å²) in [4.78, 5) is 22.4. The van der Waals surface area contributed by atoms with Crippen molar-refractivity contribution < 1.29 is 9.59 Å². The number of nitrogens with one attached hydrogen (secondary N) is 1. The molecule has 0 fully saturated rings. The predicted octanol–water partition coefficient (Wildman–Crippen LogP) is 2.85. The van der Waals surface area contributed by atoms with Crippen molar-refractivity contribution in [1.29, 1.82) is 0 Å². The maximum Gasteiger partial charge on any atom is 0.224 e. The van der Waals surface area contributed by atoms with E-state index in [0.29, 0.717) is 30.0 Å². The van der Waals surface area contributed by atoms with Gasteiger partial charge in [0.2, 0.25) is 5.91 Å². The summed E-state index contributed by atoms with van der Waals surface area (Å²) in [5, 5.41) is 2.73. The summed E-state index contributed by atoms with van der Waals surface area (Å²) in [6, 6.07) is 6.82. The van der Waals surface area contributed by atoms with Crippen LogP contribution in [0.5, 0.6) is 0 Å². The standard InChI is InChI=1S/C12H14ClNO2/c1-9(15)10-4-6-11(7-5-10)14-12(16)3-2-8-13/h4-7H,2-3,8H2,1H3,(H,14,16). The second-order valence-electron chi connectivity index (χ2n) is 3.47. The molecule has 86 valence electrons. The van der Waals surface area contributed by atoms with Crippen LogP contribution in [0.4, 0.5) is 5.69 Å². The monoisotopic (exact) mass is 239 g/mol. The summed E-state index contributed by atoms with van der Waals surface area (Å²) in [5.74, 6) is 0.438. The third-order valence-corrected chi connectivity index (χ3v) is 2.38. The van der Waals surface area contributed by atoms with Crippen molar-refractivity contribution >= 4 is 29.0 Å². The number of halogens is 1. The van der Waals surface area contributed by atoms with Crippen molar-refractivity contribution in [2.45, 2.75) is 19.8 Å². The molecule has 16 heavy (non-hydrogen) atoms. The van der Waals surface area contributed by atoms with Crippen LogP contribution in [0, 0.1) is 0 Å². The van der Waals surface area contributed by atoms with Gasteiger partial charge in [0.15, 0.2) is 5.78 Å². The summed E-state index contributed by atoms with van der Waals surface area (Å²) in [6.45, 7) is 1.51. The number of Topliss-reactive ketones (excluding diaryl/α,β-unsaturated/α-hetero) is 1. The number of benzene rings is 1. The number of hydrogen-bond donors (Lipinski definition) is 1. The Morgan fingerprint density at radius 3 is 2.38 bits per heavy atom. The molecule has 0 spiro atoms. The van der Waals surface area contributed by atoms with E-state index in [9.17, 15) is 9.59 Å². The van der Waals surface area contributed by atoms with Gasteiger partial charge in [-0.15, -0.1) is 11.6 Å². The first-order chi connectivity index (χ1) is 7.63. The average molecular weight is 240 g/mol. The maximum absolute atomic E-state index is 11.4. The largest absolute Gasteiger partial charge is 0.326 e. The average Bonchev–Trinajstić information content (AvgIpc) is 2.27. The molecule has 0 saturated heterocycles. The van der Waals surface area contributed by atoms with Crippen LogP contribution < -0.4 is 5.32 Å². The molecule has 1 rings (SSSR count). The van der Waals surface area contributed by atoms with E-state index in [2.05, 4.69) is 5.32 Å². The van der Waals surface area contributed by atoms with E-state index >= 15 is 0 Å². The van der Waals surface area contributed by atoms with Crippen LogP contribution in [-0.2, 0) is 4.79 Å². The lowest BCUT2D eigenvalue weighted by Gasteiger charge is -2.04. The summed E-state index contributed by atoms with van der Waals surface area (Å²) in [6.07, 6.45) is 1.08. The fraction of sp³-hybridized carbons (Fsp3) is 0.333. The summed E-state index contributed by atoms with van der Waals surface area (Å²) < 4.78 is 0. The highest BCUT2D eigenvalue weighted by atomic mass is 35.5. The van der Waals surface area contributed by atoms with Gasteiger partial charge in [-0.05, 0) is 37.6 Å². The van der Waals surface area contributed by atoms with Gasteiger partial charge in [0.25, 0.3) is 0 Å². The van der Waals surface area contributed by atoms with Crippen molar-refractivity contribution in [3.63, 3.8) is 0 Å². The molecule has 3 nitrogen and oxygen atoms in total. The number of amides is 1. The minimum atomic E-state index is -0.0591. The van der Waals surface area contributed by atoms with Crippen molar-refractivity contribution in [3.05, 3.63) is 29.8 Å². The van der Waals surface area contributed by atoms with E-state index in [1.165, 1.54) is 6.92 Å². The van der Waals surface area contributed by atoms with Crippen LogP contribution in [-0.4, -0.2) is 17.6 Å². The smallest absolute Gasteiger partial charge is 0.224 e. The van der Waals surface area contributed by atoms with Crippen LogP contribution in [0.3, 0.4) is 0 Å². The van der Waals surface area contributed by atoms with E-state index in [4.69, 9.17) is 11.6 Å². The molecular formula is C12H14ClNO2. The van der Waals surface area contributed by atoms with Crippen LogP contribution in [0.25, 0.3) is 0 Å². The number of carbonyl (C=O) groups is 2. The normalized spacial score (nSPS) is 9.88. The highest BCUT2D eigenvalue weighted by molar-refractivity contribution is 6.18. The zero-order valence-electron chi connectivity index (χ0n) is 9.13. The predicted molar refractivity (Wildman–Crippen MR) is 65.0 cm³/mol. The molecule has 0 radical (unpaired) electrons. The van der Waals surface area contributed by atoms with Crippen LogP contribution in [0.2, 0.25) is 0 Å². The Labute approximate surface area is 99.8 Å². The third kappa shape index (κ3) is 4.03. The van der Waals surface area contributed by atoms with Crippen molar-refractivity contribution in [3.8, 4) is 0 Å². The Bertz CT molecular complexity index is 373. The quantitative estimate of drug-likeness (QED) is 0.634. The van der Waals surface area contributed by atoms with E-state index < -0.39 is 0 Å². The molecule has 0 saturated carbocycles. The van der Waals surface area contributed by atoms with E-state index in [1.54, 1.807) is 24.3 Å². The highest BCUT2D eigenvalue weighted by Gasteiger charge is 2.02. The Balaban J connectivity index is 2.55. The number of rotatable bonds is 5. The summed E-state index contributed by atoms with van der Waals surface area (Å²) >= 11 is 5.49. The third-order valence-electron chi connectivity index (χ3n) is 2.11. The second-order valence-corrected chi connectivity index (χ2v) is 3.85. The van der Waals surface area contributed by atoms with Crippen molar-refractivity contribution in [2.24, 2.45) is 0 Å². The molecular weight excluding hydrogens is 226 g/mol. The van der Waals surface area contributed by atoms with Crippen molar-refractivity contribution in [2.75, 3.05) is 11.2 Å². The first-order valence-electron chi connectivity index (χ1n) is 5.10. The highest BCUT2D eigenvalue weighted by Crippen LogP contribution is 2.10. The van der Waals surface area contributed by atoms with Gasteiger partial charge < -0.3 is 5.32 Å². The fourth-order valence-corrected chi connectivity index (χ4v) is 1.37. The lowest BCUT2D eigenvalue weighted by molar-refractivity contribution is -0.116. The fourth-order valence-electron chi connectivity index (χ4n) is 1.24. The molecule has 0 aromatic heterocycles. The van der Waals surface area contributed by atoms with E-state index in [1.807, 2.05) is 0 Å². The molecule has 4 heteroatoms. The number of carbonyl (C=O) groups excluding carboxylic acids is 2. The minimum Gasteiger partial charge on any atom is -0.326 e. The SMILES string of the molecule is CC(=O)c1ccc(NC(=O)CCCCl)cc1. The Morgan fingerprint density at radius 2 is 1.88 bits per heavy atom. The Hall–Kier alpha value is -1.35. The molecule has 0 aliphatic rings. The molecule has 0 aliphatic heterocycles. The van der Waals surface area contributed by atoms with Crippen LogP contribution in [0.1, 0.15) is 30.1 Å². The van der Waals surface area contributed by atoms with Gasteiger partial charge in [0, 0.05) is 23.6 Å². The summed E-state index contributed by atoms with van der Waals surface area (Å²) in [5.41, 5.74) is 1.34. The molecule has 1 N–H and O–H groups in total. The topological polar surface area (TPSA) is 46.2 Å². The van der Waals surface area contributed by atoms with Crippen molar-refractivity contribution in [1.82, 2.24) is 0 Å². The van der Waals surface area contributed by atoms with Gasteiger partial charge >= 0.3 is 0 Å². The zero-order valence-corrected chi connectivity index (χ0v) is 9.88. The van der Waals surface area contributed by atoms with Gasteiger partial charge in [-0.1, -0.05) is 0 Å². The Morgan fingerprint density at radius 1 is 1.25 bits per heavy atom. The lowest BCUT2D eigenvalue weighted by Crippen LogP contribution is -2.11. The molecule has 1 aromatic carbocycles. The first kappa shape index (κ1) is 12.7. The lowest BCUT2D eigenvalue weighted by atomic mass is 10.1. The molecule has 0 unspecified atom stereocenters. The second kappa shape index (κ2) is 6.28. The minimum absolute atomic E-state index is 0.0139. The molecule has 0 aliphatic carbocycles. The van der Waals surface area contributed by atoms with E-state index in [-0.39, 0.29) is 11.7 Å². The molecule has 0 heterocycles.